The van der Waals surface area contributed by atoms with Gasteiger partial charge in [-0.2, -0.15) is 0 Å². The standard InChI is InChI=1S/C11H10FN3O4/c12-7-1-2-8(9(5-7)15(18)19)11(17)14-4-3-13-10(16)6-14/h1-2,5H,3-4,6H2,(H,13,16). The van der Waals surface area contributed by atoms with Crippen molar-refractivity contribution in [3.05, 3.63) is 39.7 Å². The maximum absolute atomic E-state index is 13.0. The smallest absolute Gasteiger partial charge is 0.285 e. The fourth-order valence-electron chi connectivity index (χ4n) is 1.82. The molecule has 8 heteroatoms. The largest absolute Gasteiger partial charge is 0.353 e. The SMILES string of the molecule is O=C1CN(C(=O)c2ccc(F)cc2[N+](=O)[O-])CCN1. The van der Waals surface area contributed by atoms with Crippen LogP contribution in [0.4, 0.5) is 10.1 Å². The molecule has 0 unspecified atom stereocenters. The molecule has 1 aromatic rings. The van der Waals surface area contributed by atoms with Gasteiger partial charge in [0.1, 0.15) is 11.4 Å². The molecule has 7 nitrogen and oxygen atoms in total. The lowest BCUT2D eigenvalue weighted by molar-refractivity contribution is -0.385. The van der Waals surface area contributed by atoms with Crippen molar-refractivity contribution >= 4 is 17.5 Å². The zero-order valence-electron chi connectivity index (χ0n) is 9.76. The van der Waals surface area contributed by atoms with Gasteiger partial charge in [0.05, 0.1) is 17.5 Å². The highest BCUT2D eigenvalue weighted by atomic mass is 19.1. The third kappa shape index (κ3) is 2.67. The minimum atomic E-state index is -0.819. The molecule has 0 aliphatic carbocycles. The normalized spacial score (nSPS) is 15.0. The first kappa shape index (κ1) is 12.9. The number of piperazine rings is 1. The van der Waals surface area contributed by atoms with E-state index in [9.17, 15) is 24.1 Å². The van der Waals surface area contributed by atoms with Crippen LogP contribution in [0.5, 0.6) is 0 Å². The van der Waals surface area contributed by atoms with Gasteiger partial charge in [0.15, 0.2) is 0 Å². The number of nitrogens with one attached hydrogen (secondary N) is 1. The second kappa shape index (κ2) is 5.01. The van der Waals surface area contributed by atoms with Crippen molar-refractivity contribution in [3.63, 3.8) is 0 Å². The molecular formula is C11H10FN3O4. The fraction of sp³-hybridized carbons (Fsp3) is 0.273. The Morgan fingerprint density at radius 3 is 2.84 bits per heavy atom. The predicted molar refractivity (Wildman–Crippen MR) is 62.0 cm³/mol. The van der Waals surface area contributed by atoms with Crippen molar-refractivity contribution in [1.29, 1.82) is 0 Å². The molecule has 0 spiro atoms. The number of hydrogen-bond acceptors (Lipinski definition) is 4. The summed E-state index contributed by atoms with van der Waals surface area (Å²) in [5.41, 5.74) is -0.822. The number of carbonyl (C=O) groups excluding carboxylic acids is 2. The Bertz CT molecular complexity index is 561. The lowest BCUT2D eigenvalue weighted by Crippen LogP contribution is -2.50. The number of rotatable bonds is 2. The van der Waals surface area contributed by atoms with Crippen LogP contribution in [0.2, 0.25) is 0 Å². The molecule has 1 N–H and O–H groups in total. The maximum Gasteiger partial charge on any atom is 0.285 e. The Balaban J connectivity index is 2.33. The average molecular weight is 267 g/mol. The topological polar surface area (TPSA) is 92.5 Å². The van der Waals surface area contributed by atoms with E-state index in [-0.39, 0.29) is 24.6 Å². The molecule has 1 aromatic carbocycles. The summed E-state index contributed by atoms with van der Waals surface area (Å²) in [4.78, 5) is 34.5. The van der Waals surface area contributed by atoms with Crippen LogP contribution in [0.3, 0.4) is 0 Å². The van der Waals surface area contributed by atoms with E-state index >= 15 is 0 Å². The molecular weight excluding hydrogens is 257 g/mol. The van der Waals surface area contributed by atoms with Gasteiger partial charge in [-0.3, -0.25) is 19.7 Å². The van der Waals surface area contributed by atoms with Gasteiger partial charge in [-0.15, -0.1) is 0 Å². The Morgan fingerprint density at radius 2 is 2.21 bits per heavy atom. The number of nitro groups is 1. The van der Waals surface area contributed by atoms with Crippen molar-refractivity contribution in [2.75, 3.05) is 19.6 Å². The van der Waals surface area contributed by atoms with Crippen molar-refractivity contribution in [2.24, 2.45) is 0 Å². The van der Waals surface area contributed by atoms with Gasteiger partial charge in [-0.25, -0.2) is 4.39 Å². The van der Waals surface area contributed by atoms with E-state index in [4.69, 9.17) is 0 Å². The lowest BCUT2D eigenvalue weighted by atomic mass is 10.1. The van der Waals surface area contributed by atoms with Crippen molar-refractivity contribution in [2.45, 2.75) is 0 Å². The third-order valence-corrected chi connectivity index (χ3v) is 2.71. The number of benzene rings is 1. The van der Waals surface area contributed by atoms with Gasteiger partial charge < -0.3 is 10.2 Å². The minimum Gasteiger partial charge on any atom is -0.353 e. The molecule has 0 atom stereocenters. The highest BCUT2D eigenvalue weighted by molar-refractivity contribution is 6.00. The van der Waals surface area contributed by atoms with E-state index in [1.54, 1.807) is 0 Å². The summed E-state index contributed by atoms with van der Waals surface area (Å²) >= 11 is 0. The summed E-state index contributed by atoms with van der Waals surface area (Å²) in [7, 11) is 0. The summed E-state index contributed by atoms with van der Waals surface area (Å²) in [5, 5.41) is 13.4. The van der Waals surface area contributed by atoms with E-state index in [1.165, 1.54) is 4.90 Å². The van der Waals surface area contributed by atoms with Gasteiger partial charge in [0.25, 0.3) is 11.6 Å². The monoisotopic (exact) mass is 267 g/mol. The lowest BCUT2D eigenvalue weighted by Gasteiger charge is -2.26. The van der Waals surface area contributed by atoms with Gasteiger partial charge in [0, 0.05) is 13.1 Å². The van der Waals surface area contributed by atoms with E-state index < -0.39 is 22.3 Å². The number of carbonyl (C=O) groups is 2. The first-order valence-corrected chi connectivity index (χ1v) is 5.49. The first-order valence-electron chi connectivity index (χ1n) is 5.49. The second-order valence-corrected chi connectivity index (χ2v) is 4.00. The Labute approximate surface area is 107 Å². The fourth-order valence-corrected chi connectivity index (χ4v) is 1.82. The molecule has 1 aliphatic rings. The molecule has 0 saturated carbocycles. The van der Waals surface area contributed by atoms with E-state index in [0.717, 1.165) is 12.1 Å². The maximum atomic E-state index is 13.0. The summed E-state index contributed by atoms with van der Waals surface area (Å²) in [5.74, 6) is -1.77. The van der Waals surface area contributed by atoms with Crippen LogP contribution in [0, 0.1) is 15.9 Å². The molecule has 2 rings (SSSR count). The highest BCUT2D eigenvalue weighted by Crippen LogP contribution is 2.21. The zero-order valence-corrected chi connectivity index (χ0v) is 9.76. The summed E-state index contributed by atoms with van der Waals surface area (Å²) in [6, 6.07) is 2.73. The molecule has 1 fully saturated rings. The van der Waals surface area contributed by atoms with Crippen LogP contribution in [0.25, 0.3) is 0 Å². The predicted octanol–water partition coefficient (Wildman–Crippen LogP) is 0.306. The molecule has 2 amide bonds. The van der Waals surface area contributed by atoms with Crippen LogP contribution in [-0.4, -0.2) is 41.3 Å². The van der Waals surface area contributed by atoms with Crippen molar-refractivity contribution < 1.29 is 18.9 Å². The Hall–Kier alpha value is -2.51. The van der Waals surface area contributed by atoms with Crippen molar-refractivity contribution in [1.82, 2.24) is 10.2 Å². The molecule has 100 valence electrons. The molecule has 0 radical (unpaired) electrons. The van der Waals surface area contributed by atoms with Gasteiger partial charge in [0.2, 0.25) is 5.91 Å². The Kier molecular flexibility index (Phi) is 3.41. The van der Waals surface area contributed by atoms with Gasteiger partial charge in [-0.1, -0.05) is 0 Å². The summed E-state index contributed by atoms with van der Waals surface area (Å²) < 4.78 is 13.0. The van der Waals surface area contributed by atoms with E-state index in [2.05, 4.69) is 5.32 Å². The van der Waals surface area contributed by atoms with Gasteiger partial charge >= 0.3 is 0 Å². The van der Waals surface area contributed by atoms with Crippen LogP contribution in [-0.2, 0) is 4.79 Å². The molecule has 1 saturated heterocycles. The molecule has 1 heterocycles. The van der Waals surface area contributed by atoms with Crippen LogP contribution < -0.4 is 5.32 Å². The van der Waals surface area contributed by atoms with Gasteiger partial charge in [-0.05, 0) is 12.1 Å². The minimum absolute atomic E-state index is 0.159. The second-order valence-electron chi connectivity index (χ2n) is 4.00. The molecule has 19 heavy (non-hydrogen) atoms. The molecule has 0 aromatic heterocycles. The van der Waals surface area contributed by atoms with Crippen molar-refractivity contribution in [3.8, 4) is 0 Å². The van der Waals surface area contributed by atoms with E-state index in [0.29, 0.717) is 12.6 Å². The van der Waals surface area contributed by atoms with Crippen LogP contribution in [0.15, 0.2) is 18.2 Å². The van der Waals surface area contributed by atoms with E-state index in [1.807, 2.05) is 0 Å². The zero-order chi connectivity index (χ0) is 14.0. The summed E-state index contributed by atoms with van der Waals surface area (Å²) in [6.07, 6.45) is 0. The number of nitro benzene ring substituents is 1. The van der Waals surface area contributed by atoms with Crippen LogP contribution in [0.1, 0.15) is 10.4 Å². The summed E-state index contributed by atoms with van der Waals surface area (Å²) in [6.45, 7) is 0.395. The average Bonchev–Trinajstić information content (AvgIpc) is 2.37. The Morgan fingerprint density at radius 1 is 1.47 bits per heavy atom. The number of halogens is 1. The third-order valence-electron chi connectivity index (χ3n) is 2.71. The number of amides is 2. The van der Waals surface area contributed by atoms with Crippen LogP contribution >= 0.6 is 0 Å². The highest BCUT2D eigenvalue weighted by Gasteiger charge is 2.28. The first-order chi connectivity index (χ1) is 8.99. The molecule has 0 bridgehead atoms. The number of hydrogen-bond donors (Lipinski definition) is 1. The molecule has 1 aliphatic heterocycles. The number of nitrogens with zero attached hydrogens (tertiary/aromatic N) is 2. The quantitative estimate of drug-likeness (QED) is 0.616.